The maximum absolute atomic E-state index is 12.7. The highest BCUT2D eigenvalue weighted by molar-refractivity contribution is 5.71. The van der Waals surface area contributed by atoms with E-state index in [1.54, 1.807) is 26.0 Å². The molecule has 17 nitrogen and oxygen atoms in total. The van der Waals surface area contributed by atoms with Crippen LogP contribution in [0.15, 0.2) is 72.9 Å². The van der Waals surface area contributed by atoms with Crippen LogP contribution in [0.5, 0.6) is 0 Å². The third-order valence-electron chi connectivity index (χ3n) is 12.8. The lowest BCUT2D eigenvalue weighted by Gasteiger charge is -2.45. The molecule has 0 amide bonds. The predicted molar refractivity (Wildman–Crippen MR) is 240 cm³/mol. The number of hydrogen-bond donors (Lipinski definition) is 11. The number of aliphatic hydroxyl groups excluding tert-OH is 8. The number of nitrogens with two attached hydrogens (primary N) is 1. The number of aliphatic carboxylic acids is 1. The molecule has 0 aliphatic carbocycles. The molecule has 2 fully saturated rings. The lowest BCUT2D eigenvalue weighted by Crippen LogP contribution is -2.61. The van der Waals surface area contributed by atoms with Gasteiger partial charge in [0.25, 0.3) is 0 Å². The summed E-state index contributed by atoms with van der Waals surface area (Å²) in [5.41, 5.74) is 6.04. The first kappa shape index (κ1) is 56.2. The number of fused-ring (bicyclic) bond motifs is 2. The minimum Gasteiger partial charge on any atom is -0.481 e. The third kappa shape index (κ3) is 18.8. The van der Waals surface area contributed by atoms with Crippen LogP contribution in [0.2, 0.25) is 0 Å². The zero-order chi connectivity index (χ0) is 48.4. The van der Waals surface area contributed by atoms with Gasteiger partial charge in [-0.15, -0.1) is 0 Å². The average Bonchev–Trinajstić information content (AvgIpc) is 3.21. The maximum atomic E-state index is 12.7. The molecule has 65 heavy (non-hydrogen) atoms. The van der Waals surface area contributed by atoms with E-state index < -0.39 is 128 Å². The fourth-order valence-corrected chi connectivity index (χ4v) is 8.35. The second-order valence-electron chi connectivity index (χ2n) is 18.2. The van der Waals surface area contributed by atoms with E-state index in [0.29, 0.717) is 12.8 Å². The quantitative estimate of drug-likeness (QED) is 0.143. The Morgan fingerprint density at radius 1 is 0.692 bits per heavy atom. The van der Waals surface area contributed by atoms with E-state index in [1.807, 2.05) is 61.6 Å². The molecule has 3 rings (SSSR count). The van der Waals surface area contributed by atoms with E-state index in [1.165, 1.54) is 0 Å². The number of carbonyl (C=O) groups excluding carboxylic acids is 1. The Bertz CT molecular complexity index is 1620. The summed E-state index contributed by atoms with van der Waals surface area (Å²) >= 11 is 0. The van der Waals surface area contributed by atoms with Crippen molar-refractivity contribution in [1.82, 2.24) is 0 Å². The van der Waals surface area contributed by atoms with Crippen LogP contribution >= 0.6 is 0 Å². The van der Waals surface area contributed by atoms with Crippen molar-refractivity contribution in [3.8, 4) is 0 Å². The summed E-state index contributed by atoms with van der Waals surface area (Å²) in [6.07, 6.45) is 4.65. The number of aliphatic hydroxyl groups is 9. The van der Waals surface area contributed by atoms with Gasteiger partial charge in [0.15, 0.2) is 12.1 Å². The molecule has 3 aliphatic heterocycles. The summed E-state index contributed by atoms with van der Waals surface area (Å²) in [6.45, 7) is 9.52. The fraction of sp³-hybridized carbons (Fsp3) is 0.708. The van der Waals surface area contributed by atoms with E-state index >= 15 is 0 Å². The molecule has 2 bridgehead atoms. The molecule has 0 unspecified atom stereocenters. The van der Waals surface area contributed by atoms with Crippen molar-refractivity contribution in [1.29, 1.82) is 0 Å². The first-order chi connectivity index (χ1) is 30.6. The monoisotopic (exact) mass is 924 g/mol. The van der Waals surface area contributed by atoms with Crippen LogP contribution in [-0.4, -0.2) is 154 Å². The molecule has 12 N–H and O–H groups in total. The Morgan fingerprint density at radius 3 is 1.98 bits per heavy atom. The van der Waals surface area contributed by atoms with Crippen LogP contribution in [0.1, 0.15) is 98.8 Å². The topological polar surface area (TPSA) is 299 Å². The molecule has 3 aliphatic rings. The van der Waals surface area contributed by atoms with Gasteiger partial charge in [0.1, 0.15) is 18.1 Å². The van der Waals surface area contributed by atoms with E-state index in [2.05, 4.69) is 19.9 Å². The summed E-state index contributed by atoms with van der Waals surface area (Å²) in [4.78, 5) is 25.2. The molecule has 0 radical (unpaired) electrons. The van der Waals surface area contributed by atoms with E-state index in [9.17, 15) is 60.7 Å². The lowest BCUT2D eigenvalue weighted by atomic mass is 9.82. The van der Waals surface area contributed by atoms with E-state index in [0.717, 1.165) is 0 Å². The lowest BCUT2D eigenvalue weighted by molar-refractivity contribution is -0.308. The van der Waals surface area contributed by atoms with Crippen LogP contribution in [0.25, 0.3) is 0 Å². The molecule has 19 atom stereocenters. The van der Waals surface area contributed by atoms with Gasteiger partial charge in [-0.05, 0) is 63.7 Å². The third-order valence-corrected chi connectivity index (χ3v) is 12.8. The molecule has 0 aromatic rings. The number of esters is 1. The Morgan fingerprint density at radius 2 is 1.32 bits per heavy atom. The average molecular weight is 924 g/mol. The number of carbonyl (C=O) groups is 2. The second-order valence-corrected chi connectivity index (χ2v) is 18.2. The maximum Gasteiger partial charge on any atom is 0.311 e. The molecule has 0 aromatic carbocycles. The van der Waals surface area contributed by atoms with Gasteiger partial charge in [-0.1, -0.05) is 93.7 Å². The van der Waals surface area contributed by atoms with Crippen molar-refractivity contribution in [3.05, 3.63) is 72.9 Å². The van der Waals surface area contributed by atoms with Crippen LogP contribution in [0.3, 0.4) is 0 Å². The summed E-state index contributed by atoms with van der Waals surface area (Å²) in [6, 6.07) is -1.13. The number of ether oxygens (including phenoxy) is 4. The van der Waals surface area contributed by atoms with Crippen LogP contribution in [0.4, 0.5) is 0 Å². The summed E-state index contributed by atoms with van der Waals surface area (Å²) in [5.74, 6) is -5.58. The van der Waals surface area contributed by atoms with Gasteiger partial charge in [0, 0.05) is 25.7 Å². The highest BCUT2D eigenvalue weighted by atomic mass is 16.7. The molecule has 3 heterocycles. The Labute approximate surface area is 383 Å². The summed E-state index contributed by atoms with van der Waals surface area (Å²) in [7, 11) is 0. The number of hydrogen-bond acceptors (Lipinski definition) is 16. The summed E-state index contributed by atoms with van der Waals surface area (Å²) < 4.78 is 23.4. The molecule has 0 spiro atoms. The van der Waals surface area contributed by atoms with Crippen molar-refractivity contribution in [2.24, 2.45) is 29.4 Å². The normalized spacial score (nSPS) is 44.8. The summed E-state index contributed by atoms with van der Waals surface area (Å²) in [5, 5.41) is 107. The van der Waals surface area contributed by atoms with Crippen molar-refractivity contribution in [2.45, 2.75) is 190 Å². The van der Waals surface area contributed by atoms with Crippen molar-refractivity contribution < 1.29 is 79.6 Å². The molecule has 2 saturated heterocycles. The molecule has 0 aromatic heterocycles. The van der Waals surface area contributed by atoms with Gasteiger partial charge < -0.3 is 75.7 Å². The second kappa shape index (κ2) is 27.6. The molecule has 17 heteroatoms. The number of rotatable bonds is 3. The van der Waals surface area contributed by atoms with Crippen LogP contribution in [0, 0.1) is 23.7 Å². The van der Waals surface area contributed by atoms with E-state index in [-0.39, 0.29) is 49.9 Å². The van der Waals surface area contributed by atoms with Gasteiger partial charge in [0.2, 0.25) is 0 Å². The minimum absolute atomic E-state index is 0.00339. The fourth-order valence-electron chi connectivity index (χ4n) is 8.35. The van der Waals surface area contributed by atoms with Gasteiger partial charge in [-0.2, -0.15) is 0 Å². The van der Waals surface area contributed by atoms with Gasteiger partial charge in [-0.3, -0.25) is 9.59 Å². The Kier molecular flexibility index (Phi) is 23.9. The predicted octanol–water partition coefficient (Wildman–Crippen LogP) is 2.21. The van der Waals surface area contributed by atoms with Crippen molar-refractivity contribution >= 4 is 11.9 Å². The first-order valence-corrected chi connectivity index (χ1v) is 23.0. The van der Waals surface area contributed by atoms with Gasteiger partial charge in [0.05, 0.1) is 73.5 Å². The zero-order valence-corrected chi connectivity index (χ0v) is 38.4. The SMILES string of the molecule is C[C@@H]1[C@H](C)[C@@H](C)/C=C/C=C/C=C/C=C/C=C/CCC=C[C@H](O[C@@H]2O[C@H](C)[C@@H](O)[C@H](N)[C@@H]2O)C[C@@H]2O[C@](O)(C[C@@H](O)C[C@@H](O)[C@H](O)CC[C@@H](O)C[C@@H](O)CC(=O)O[C@H]1C)C[C@H](O)[C@H]2C(=O)O. The molecular weight excluding hydrogens is 847 g/mol. The number of carboxylic acids is 1. The number of cyclic esters (lactones) is 1. The van der Waals surface area contributed by atoms with Crippen LogP contribution in [-0.2, 0) is 28.5 Å². The minimum atomic E-state index is -2.30. The highest BCUT2D eigenvalue weighted by Crippen LogP contribution is 2.38. The van der Waals surface area contributed by atoms with E-state index in [4.69, 9.17) is 24.7 Å². The molecule has 370 valence electrons. The zero-order valence-electron chi connectivity index (χ0n) is 38.4. The smallest absolute Gasteiger partial charge is 0.311 e. The highest BCUT2D eigenvalue weighted by Gasteiger charge is 2.51. The van der Waals surface area contributed by atoms with Crippen LogP contribution < -0.4 is 5.73 Å². The number of carboxylic acid groups (broad SMARTS) is 1. The largest absolute Gasteiger partial charge is 0.481 e. The molecular formula is C48H77NO16. The standard InChI is InChI=1S/C48H77NO16/c1-28-18-16-14-12-10-8-6-7-9-11-13-15-17-19-36(64-47-45(58)43(49)44(57)32(5)63-47)25-40-42(46(59)60)39(55)27-48(61,65-40)26-35(52)23-38(54)37(53)21-20-33(50)22-34(51)24-41(56)62-31(4)30(3)29(28)2/h6-12,14,16-19,28-40,42-45,47,50-55,57-58,61H,13,15,20-27,49H2,1-5H3,(H,59,60)/b7-6+,10-8+,11-9+,14-12+,18-16+,19-17?/t28-,29+,30+,31-,32+,33+,34+,35-,36-,37+,38+,39-,40-,42+,43-,44+,45-,47-,48+/m0/s1. The van der Waals surface area contributed by atoms with Crippen molar-refractivity contribution in [2.75, 3.05) is 0 Å². The first-order valence-electron chi connectivity index (χ1n) is 23.0. The van der Waals surface area contributed by atoms with Gasteiger partial charge in [-0.25, -0.2) is 0 Å². The Balaban J connectivity index is 1.83. The molecule has 0 saturated carbocycles. The van der Waals surface area contributed by atoms with Crippen molar-refractivity contribution in [3.63, 3.8) is 0 Å². The Hall–Kier alpha value is -3.14. The number of allylic oxidation sites excluding steroid dienone is 11. The van der Waals surface area contributed by atoms with Gasteiger partial charge >= 0.3 is 11.9 Å².